The largest absolute Gasteiger partial charge is 0.351 e. The number of rotatable bonds is 3. The molecule has 3 heterocycles. The van der Waals surface area contributed by atoms with Crippen molar-refractivity contribution in [2.24, 2.45) is 5.92 Å². The van der Waals surface area contributed by atoms with Gasteiger partial charge in [-0.05, 0) is 45.8 Å². The molecule has 1 aromatic rings. The molecule has 1 aromatic heterocycles. The van der Waals surface area contributed by atoms with Crippen molar-refractivity contribution >= 4 is 5.82 Å². The van der Waals surface area contributed by atoms with Crippen LogP contribution in [0.3, 0.4) is 0 Å². The summed E-state index contributed by atoms with van der Waals surface area (Å²) in [6, 6.07) is 2.80. The Bertz CT molecular complexity index is 524. The maximum Gasteiger partial charge on any atom is 0.132 e. The van der Waals surface area contributed by atoms with Gasteiger partial charge in [0.05, 0.1) is 0 Å². The van der Waals surface area contributed by atoms with Crippen molar-refractivity contribution < 1.29 is 0 Å². The standard InChI is InChI=1S/C18H31N5/c1-13(2)17-12-22(4)9-10-23(17)18-11-16(20-14(3)21-18)15-5-7-19-8-6-15/h11,13,15,17,19H,5-10,12H2,1-4H3/t17-/m1/s1. The summed E-state index contributed by atoms with van der Waals surface area (Å²) >= 11 is 0. The molecule has 5 nitrogen and oxygen atoms in total. The Hall–Kier alpha value is -1.20. The molecule has 2 aliphatic heterocycles. The van der Waals surface area contributed by atoms with Crippen LogP contribution in [0.15, 0.2) is 6.07 Å². The lowest BCUT2D eigenvalue weighted by Crippen LogP contribution is -2.54. The minimum absolute atomic E-state index is 0.531. The zero-order valence-electron chi connectivity index (χ0n) is 15.0. The molecule has 2 fully saturated rings. The van der Waals surface area contributed by atoms with Gasteiger partial charge in [-0.3, -0.25) is 0 Å². The van der Waals surface area contributed by atoms with Crippen LogP contribution in [0.4, 0.5) is 5.82 Å². The zero-order chi connectivity index (χ0) is 16.4. The minimum atomic E-state index is 0.531. The van der Waals surface area contributed by atoms with E-state index in [0.29, 0.717) is 17.9 Å². The molecule has 0 amide bonds. The molecule has 1 atom stereocenters. The molecule has 3 rings (SSSR count). The molecule has 23 heavy (non-hydrogen) atoms. The molecular formula is C18H31N5. The van der Waals surface area contributed by atoms with Crippen LogP contribution in [0, 0.1) is 12.8 Å². The monoisotopic (exact) mass is 317 g/mol. The fourth-order valence-corrected chi connectivity index (χ4v) is 3.86. The predicted molar refractivity (Wildman–Crippen MR) is 95.1 cm³/mol. The van der Waals surface area contributed by atoms with Gasteiger partial charge >= 0.3 is 0 Å². The first-order valence-corrected chi connectivity index (χ1v) is 9.06. The molecule has 1 N–H and O–H groups in total. The number of likely N-dealkylation sites (N-methyl/N-ethyl adjacent to an activating group) is 1. The first-order valence-electron chi connectivity index (χ1n) is 9.06. The number of aromatic nitrogens is 2. The summed E-state index contributed by atoms with van der Waals surface area (Å²) in [5, 5.41) is 3.44. The Morgan fingerprint density at radius 3 is 2.61 bits per heavy atom. The zero-order valence-corrected chi connectivity index (χ0v) is 15.0. The fraction of sp³-hybridized carbons (Fsp3) is 0.778. The third kappa shape index (κ3) is 3.83. The van der Waals surface area contributed by atoms with Crippen molar-refractivity contribution in [1.29, 1.82) is 0 Å². The Kier molecular flexibility index (Phi) is 5.17. The van der Waals surface area contributed by atoms with Crippen molar-refractivity contribution in [3.63, 3.8) is 0 Å². The van der Waals surface area contributed by atoms with E-state index in [1.807, 2.05) is 6.92 Å². The van der Waals surface area contributed by atoms with Crippen LogP contribution in [0.1, 0.15) is 44.1 Å². The quantitative estimate of drug-likeness (QED) is 0.924. The van der Waals surface area contributed by atoms with Crippen molar-refractivity contribution in [2.45, 2.75) is 45.6 Å². The molecule has 128 valence electrons. The van der Waals surface area contributed by atoms with Crippen molar-refractivity contribution in [1.82, 2.24) is 20.2 Å². The Labute approximate surface area is 140 Å². The van der Waals surface area contributed by atoms with Gasteiger partial charge in [0.1, 0.15) is 11.6 Å². The predicted octanol–water partition coefficient (Wildman–Crippen LogP) is 2.03. The fourth-order valence-electron chi connectivity index (χ4n) is 3.86. The number of anilines is 1. The smallest absolute Gasteiger partial charge is 0.132 e. The van der Waals surface area contributed by atoms with Gasteiger partial charge in [0.25, 0.3) is 0 Å². The molecule has 5 heteroatoms. The molecule has 2 aliphatic rings. The Balaban J connectivity index is 1.87. The van der Waals surface area contributed by atoms with E-state index in [1.54, 1.807) is 0 Å². The second-order valence-electron chi connectivity index (χ2n) is 7.49. The highest BCUT2D eigenvalue weighted by molar-refractivity contribution is 5.43. The highest BCUT2D eigenvalue weighted by Crippen LogP contribution is 2.28. The number of nitrogens with zero attached hydrogens (tertiary/aromatic N) is 4. The highest BCUT2D eigenvalue weighted by Gasteiger charge is 2.29. The van der Waals surface area contributed by atoms with E-state index in [9.17, 15) is 0 Å². The normalized spacial score (nSPS) is 24.4. The van der Waals surface area contributed by atoms with E-state index in [4.69, 9.17) is 9.97 Å². The van der Waals surface area contributed by atoms with E-state index in [0.717, 1.165) is 44.4 Å². The number of aryl methyl sites for hydroxylation is 1. The number of piperazine rings is 1. The van der Waals surface area contributed by atoms with Gasteiger partial charge in [-0.2, -0.15) is 0 Å². The molecular weight excluding hydrogens is 286 g/mol. The van der Waals surface area contributed by atoms with Gasteiger partial charge in [0, 0.05) is 43.4 Å². The Morgan fingerprint density at radius 2 is 1.91 bits per heavy atom. The topological polar surface area (TPSA) is 44.3 Å². The number of nitrogens with one attached hydrogen (secondary N) is 1. The van der Waals surface area contributed by atoms with Crippen LogP contribution in [0.5, 0.6) is 0 Å². The van der Waals surface area contributed by atoms with Crippen LogP contribution in [-0.4, -0.2) is 60.7 Å². The molecule has 0 aromatic carbocycles. The van der Waals surface area contributed by atoms with Gasteiger partial charge in [-0.1, -0.05) is 13.8 Å². The second kappa shape index (κ2) is 7.14. The van der Waals surface area contributed by atoms with Crippen molar-refractivity contribution in [3.8, 4) is 0 Å². The average Bonchev–Trinajstić information content (AvgIpc) is 2.55. The summed E-state index contributed by atoms with van der Waals surface area (Å²) in [5.41, 5.74) is 1.25. The van der Waals surface area contributed by atoms with E-state index in [-0.39, 0.29) is 0 Å². The van der Waals surface area contributed by atoms with E-state index in [1.165, 1.54) is 18.5 Å². The maximum atomic E-state index is 4.79. The second-order valence-corrected chi connectivity index (χ2v) is 7.49. The van der Waals surface area contributed by atoms with Gasteiger partial charge in [0.15, 0.2) is 0 Å². The summed E-state index contributed by atoms with van der Waals surface area (Å²) in [7, 11) is 2.22. The summed E-state index contributed by atoms with van der Waals surface area (Å²) in [4.78, 5) is 14.5. The van der Waals surface area contributed by atoms with Crippen molar-refractivity contribution in [2.75, 3.05) is 44.7 Å². The molecule has 0 saturated carbocycles. The van der Waals surface area contributed by atoms with Gasteiger partial charge in [-0.25, -0.2) is 9.97 Å². The Morgan fingerprint density at radius 1 is 1.17 bits per heavy atom. The third-order valence-corrected chi connectivity index (χ3v) is 5.29. The summed E-state index contributed by atoms with van der Waals surface area (Å²) < 4.78 is 0. The summed E-state index contributed by atoms with van der Waals surface area (Å²) in [5.74, 6) is 3.26. The lowest BCUT2D eigenvalue weighted by Gasteiger charge is -2.43. The molecule has 0 bridgehead atoms. The highest BCUT2D eigenvalue weighted by atomic mass is 15.3. The maximum absolute atomic E-state index is 4.79. The summed E-state index contributed by atoms with van der Waals surface area (Å²) in [6.45, 7) is 12.2. The van der Waals surface area contributed by atoms with Crippen LogP contribution in [0.2, 0.25) is 0 Å². The number of hydrogen-bond donors (Lipinski definition) is 1. The minimum Gasteiger partial charge on any atom is -0.351 e. The number of piperidine rings is 1. The third-order valence-electron chi connectivity index (χ3n) is 5.29. The SMILES string of the molecule is Cc1nc(C2CCNCC2)cc(N2CCN(C)C[C@@H]2C(C)C)n1. The van der Waals surface area contributed by atoms with E-state index >= 15 is 0 Å². The molecule has 0 radical (unpaired) electrons. The van der Waals surface area contributed by atoms with E-state index in [2.05, 4.69) is 42.1 Å². The molecule has 0 spiro atoms. The average molecular weight is 317 g/mol. The van der Waals surface area contributed by atoms with Crippen molar-refractivity contribution in [3.05, 3.63) is 17.6 Å². The first-order chi connectivity index (χ1) is 11.0. The van der Waals surface area contributed by atoms with Gasteiger partial charge in [-0.15, -0.1) is 0 Å². The van der Waals surface area contributed by atoms with Gasteiger partial charge < -0.3 is 15.1 Å². The lowest BCUT2D eigenvalue weighted by atomic mass is 9.94. The number of hydrogen-bond acceptors (Lipinski definition) is 5. The lowest BCUT2D eigenvalue weighted by molar-refractivity contribution is 0.235. The van der Waals surface area contributed by atoms with E-state index < -0.39 is 0 Å². The van der Waals surface area contributed by atoms with Crippen LogP contribution in [0.25, 0.3) is 0 Å². The van der Waals surface area contributed by atoms with Crippen LogP contribution < -0.4 is 10.2 Å². The van der Waals surface area contributed by atoms with Crippen LogP contribution in [-0.2, 0) is 0 Å². The molecule has 0 unspecified atom stereocenters. The summed E-state index contributed by atoms with van der Waals surface area (Å²) in [6.07, 6.45) is 2.37. The molecule has 0 aliphatic carbocycles. The first kappa shape index (κ1) is 16.7. The van der Waals surface area contributed by atoms with Crippen LogP contribution >= 0.6 is 0 Å². The van der Waals surface area contributed by atoms with Gasteiger partial charge in [0.2, 0.25) is 0 Å². The molecule has 2 saturated heterocycles.